The fourth-order valence-electron chi connectivity index (χ4n) is 4.44. The van der Waals surface area contributed by atoms with E-state index in [-0.39, 0.29) is 24.3 Å². The van der Waals surface area contributed by atoms with Gasteiger partial charge in [-0.2, -0.15) is 0 Å². The van der Waals surface area contributed by atoms with E-state index >= 15 is 0 Å². The van der Waals surface area contributed by atoms with E-state index in [0.29, 0.717) is 21.9 Å². The number of pyridine rings is 2. The highest BCUT2D eigenvalue weighted by Gasteiger charge is 2.70. The Morgan fingerprint density at radius 2 is 1.97 bits per heavy atom. The number of hydrogen-bond acceptors (Lipinski definition) is 4. The highest BCUT2D eigenvalue weighted by Crippen LogP contribution is 2.65. The highest BCUT2D eigenvalue weighted by atomic mass is 19.3. The van der Waals surface area contributed by atoms with Crippen LogP contribution < -0.4 is 11.1 Å². The highest BCUT2D eigenvalue weighted by molar-refractivity contribution is 6.02. The van der Waals surface area contributed by atoms with Gasteiger partial charge in [-0.1, -0.05) is 5.57 Å². The van der Waals surface area contributed by atoms with Gasteiger partial charge < -0.3 is 11.1 Å². The number of nitrogen functional groups attached to an aromatic ring is 1. The smallest absolute Gasteiger partial charge is 0.255 e. The summed E-state index contributed by atoms with van der Waals surface area (Å²) >= 11 is 0. The van der Waals surface area contributed by atoms with Gasteiger partial charge >= 0.3 is 0 Å². The number of carbonyl (C=O) groups excluding carboxylic acids is 1. The normalized spacial score (nSPS) is 21.1. The topological polar surface area (TPSA) is 80.9 Å². The minimum Gasteiger partial charge on any atom is -0.396 e. The molecule has 158 valence electrons. The SMILES string of the molecule is Cc1ccncc1-c1cc2cc(NC(=O)C=C3CC4C(C3)C4(F)F)ncc2c(N)c1F. The van der Waals surface area contributed by atoms with Crippen LogP contribution >= 0.6 is 0 Å². The third-order valence-electron chi connectivity index (χ3n) is 6.24. The average molecular weight is 424 g/mol. The van der Waals surface area contributed by atoms with Crippen molar-refractivity contribution in [3.8, 4) is 11.1 Å². The fraction of sp³-hybridized carbons (Fsp3) is 0.261. The van der Waals surface area contributed by atoms with Crippen molar-refractivity contribution >= 4 is 28.2 Å². The molecule has 5 nitrogen and oxygen atoms in total. The van der Waals surface area contributed by atoms with E-state index in [9.17, 15) is 18.0 Å². The number of amides is 1. The van der Waals surface area contributed by atoms with E-state index in [4.69, 9.17) is 5.73 Å². The summed E-state index contributed by atoms with van der Waals surface area (Å²) < 4.78 is 41.5. The van der Waals surface area contributed by atoms with E-state index < -0.39 is 29.5 Å². The third kappa shape index (κ3) is 3.22. The van der Waals surface area contributed by atoms with Gasteiger partial charge in [0.15, 0.2) is 5.82 Å². The number of anilines is 2. The second kappa shape index (κ2) is 6.80. The number of hydrogen-bond donors (Lipinski definition) is 2. The van der Waals surface area contributed by atoms with Gasteiger partial charge in [-0.15, -0.1) is 0 Å². The van der Waals surface area contributed by atoms with Crippen LogP contribution in [0.1, 0.15) is 18.4 Å². The Kier molecular flexibility index (Phi) is 4.28. The Balaban J connectivity index is 1.43. The lowest BCUT2D eigenvalue weighted by atomic mass is 9.98. The van der Waals surface area contributed by atoms with E-state index in [1.807, 2.05) is 6.92 Å². The molecule has 0 radical (unpaired) electrons. The molecule has 3 aromatic rings. The average Bonchev–Trinajstić information content (AvgIpc) is 3.03. The zero-order chi connectivity index (χ0) is 21.9. The first-order valence-corrected chi connectivity index (χ1v) is 9.92. The predicted molar refractivity (Wildman–Crippen MR) is 112 cm³/mol. The monoisotopic (exact) mass is 424 g/mol. The summed E-state index contributed by atoms with van der Waals surface area (Å²) in [4.78, 5) is 20.5. The van der Waals surface area contributed by atoms with Gasteiger partial charge in [-0.05, 0) is 48.9 Å². The number of nitrogens with two attached hydrogens (primary N) is 1. The molecule has 2 saturated carbocycles. The molecule has 0 spiro atoms. The summed E-state index contributed by atoms with van der Waals surface area (Å²) in [7, 11) is 0. The Hall–Kier alpha value is -3.42. The first kappa shape index (κ1) is 19.5. The van der Waals surface area contributed by atoms with Gasteiger partial charge in [-0.3, -0.25) is 9.78 Å². The van der Waals surface area contributed by atoms with Crippen molar-refractivity contribution in [3.63, 3.8) is 0 Å². The Morgan fingerprint density at radius 1 is 1.23 bits per heavy atom. The molecule has 3 N–H and O–H groups in total. The summed E-state index contributed by atoms with van der Waals surface area (Å²) in [5.74, 6) is -4.54. The van der Waals surface area contributed by atoms with E-state index in [2.05, 4.69) is 15.3 Å². The molecule has 2 aliphatic carbocycles. The second-order valence-corrected chi connectivity index (χ2v) is 8.22. The van der Waals surface area contributed by atoms with Crippen molar-refractivity contribution in [2.75, 3.05) is 11.1 Å². The summed E-state index contributed by atoms with van der Waals surface area (Å²) in [6.07, 6.45) is 6.48. The zero-order valence-corrected chi connectivity index (χ0v) is 16.6. The van der Waals surface area contributed by atoms with E-state index in [1.165, 1.54) is 12.3 Å². The Morgan fingerprint density at radius 3 is 2.68 bits per heavy atom. The molecule has 0 saturated heterocycles. The van der Waals surface area contributed by atoms with E-state index in [1.54, 1.807) is 30.6 Å². The summed E-state index contributed by atoms with van der Waals surface area (Å²) in [6, 6.07) is 5.04. The molecule has 2 atom stereocenters. The number of aromatic nitrogens is 2. The molecule has 8 heteroatoms. The van der Waals surface area contributed by atoms with Crippen molar-refractivity contribution in [3.05, 3.63) is 59.8 Å². The van der Waals surface area contributed by atoms with Gasteiger partial charge in [0.05, 0.1) is 5.69 Å². The van der Waals surface area contributed by atoms with Crippen LogP contribution in [-0.2, 0) is 4.79 Å². The molecule has 5 rings (SSSR count). The molecular formula is C23H19F3N4O. The quantitative estimate of drug-likeness (QED) is 0.465. The Bertz CT molecular complexity index is 1260. The number of fused-ring (bicyclic) bond motifs is 2. The molecule has 0 bridgehead atoms. The molecule has 31 heavy (non-hydrogen) atoms. The molecule has 2 aromatic heterocycles. The maximum Gasteiger partial charge on any atom is 0.255 e. The van der Waals surface area contributed by atoms with Gasteiger partial charge in [0.1, 0.15) is 5.82 Å². The number of aryl methyl sites for hydroxylation is 1. The lowest BCUT2D eigenvalue weighted by Gasteiger charge is -2.12. The largest absolute Gasteiger partial charge is 0.396 e. The fourth-order valence-corrected chi connectivity index (χ4v) is 4.44. The van der Waals surface area contributed by atoms with Crippen molar-refractivity contribution in [1.29, 1.82) is 0 Å². The van der Waals surface area contributed by atoms with Gasteiger partial charge in [0.2, 0.25) is 5.91 Å². The number of halogens is 3. The van der Waals surface area contributed by atoms with Crippen LogP contribution in [0.15, 0.2) is 48.4 Å². The molecule has 2 aliphatic rings. The number of nitrogens with zero attached hydrogens (tertiary/aromatic N) is 2. The van der Waals surface area contributed by atoms with Gasteiger partial charge in [0.25, 0.3) is 5.92 Å². The minimum absolute atomic E-state index is 0.0330. The number of alkyl halides is 2. The van der Waals surface area contributed by atoms with Crippen molar-refractivity contribution in [2.45, 2.75) is 25.7 Å². The van der Waals surface area contributed by atoms with Crippen molar-refractivity contribution in [2.24, 2.45) is 11.8 Å². The zero-order valence-electron chi connectivity index (χ0n) is 16.6. The summed E-state index contributed by atoms with van der Waals surface area (Å²) in [5.41, 5.74) is 8.49. The first-order valence-electron chi connectivity index (χ1n) is 9.92. The number of carbonyl (C=O) groups is 1. The molecule has 1 amide bonds. The Labute approximate surface area is 176 Å². The van der Waals surface area contributed by atoms with Gasteiger partial charge in [-0.25, -0.2) is 18.2 Å². The lowest BCUT2D eigenvalue weighted by molar-refractivity contribution is -0.112. The van der Waals surface area contributed by atoms with Crippen LogP contribution in [0, 0.1) is 24.6 Å². The molecule has 2 heterocycles. The maximum atomic E-state index is 14.9. The molecular weight excluding hydrogens is 405 g/mol. The van der Waals surface area contributed by atoms with Crippen molar-refractivity contribution in [1.82, 2.24) is 9.97 Å². The summed E-state index contributed by atoms with van der Waals surface area (Å²) in [6.45, 7) is 1.85. The van der Waals surface area contributed by atoms with Crippen LogP contribution in [0.2, 0.25) is 0 Å². The van der Waals surface area contributed by atoms with Crippen LogP contribution in [-0.4, -0.2) is 21.8 Å². The van der Waals surface area contributed by atoms with Crippen LogP contribution in [0.5, 0.6) is 0 Å². The number of allylic oxidation sites excluding steroid dienone is 1. The van der Waals surface area contributed by atoms with Gasteiger partial charge in [0, 0.05) is 53.0 Å². The predicted octanol–water partition coefficient (Wildman–Crippen LogP) is 4.87. The molecule has 0 aliphatic heterocycles. The maximum absolute atomic E-state index is 14.9. The van der Waals surface area contributed by atoms with Crippen LogP contribution in [0.3, 0.4) is 0 Å². The minimum atomic E-state index is -2.58. The van der Waals surface area contributed by atoms with Crippen LogP contribution in [0.4, 0.5) is 24.7 Å². The standard InChI is InChI=1S/C23H19F3N4O/c1-11-2-3-28-9-15(11)14-7-13-8-19(29-10-16(13)22(27)21(14)24)30-20(31)6-12-4-17-18(5-12)23(17,25)26/h2-3,6-10,17-18H,4-5,27H2,1H3,(H,29,30,31). The van der Waals surface area contributed by atoms with Crippen LogP contribution in [0.25, 0.3) is 21.9 Å². The number of rotatable bonds is 3. The lowest BCUT2D eigenvalue weighted by Crippen LogP contribution is -2.11. The third-order valence-corrected chi connectivity index (χ3v) is 6.24. The van der Waals surface area contributed by atoms with Crippen molar-refractivity contribution < 1.29 is 18.0 Å². The number of benzene rings is 1. The molecule has 2 unspecified atom stereocenters. The first-order chi connectivity index (χ1) is 14.8. The second-order valence-electron chi connectivity index (χ2n) is 8.22. The summed E-state index contributed by atoms with van der Waals surface area (Å²) in [5, 5.41) is 3.69. The van der Waals surface area contributed by atoms with E-state index in [0.717, 1.165) is 11.1 Å². The molecule has 2 fully saturated rings. The number of nitrogens with one attached hydrogen (secondary N) is 1. The molecule has 1 aromatic carbocycles.